The fourth-order valence-electron chi connectivity index (χ4n) is 2.69. The molecule has 0 aliphatic heterocycles. The van der Waals surface area contributed by atoms with Crippen LogP contribution in [0.4, 0.5) is 0 Å². The van der Waals surface area contributed by atoms with Gasteiger partial charge in [0.2, 0.25) is 10.0 Å². The molecule has 0 bridgehead atoms. The zero-order valence-electron chi connectivity index (χ0n) is 16.6. The molecule has 0 aliphatic rings. The van der Waals surface area contributed by atoms with Gasteiger partial charge in [-0.3, -0.25) is 9.59 Å². The van der Waals surface area contributed by atoms with Crippen LogP contribution in [-0.4, -0.2) is 26.8 Å². The quantitative estimate of drug-likeness (QED) is 0.587. The van der Waals surface area contributed by atoms with Crippen molar-refractivity contribution < 1.29 is 22.7 Å². The third kappa shape index (κ3) is 6.30. The van der Waals surface area contributed by atoms with E-state index in [0.29, 0.717) is 17.9 Å². The number of carbonyl (C=O) groups is 2. The van der Waals surface area contributed by atoms with Gasteiger partial charge in [0.1, 0.15) is 5.75 Å². The zero-order valence-corrected chi connectivity index (χ0v) is 17.4. The first-order chi connectivity index (χ1) is 13.6. The summed E-state index contributed by atoms with van der Waals surface area (Å²) in [5, 5.41) is 10.2. The van der Waals surface area contributed by atoms with E-state index in [0.717, 1.165) is 11.1 Å². The van der Waals surface area contributed by atoms with Crippen LogP contribution in [0.15, 0.2) is 47.4 Å². The lowest BCUT2D eigenvalue weighted by Gasteiger charge is -2.18. The van der Waals surface area contributed by atoms with Crippen molar-refractivity contribution in [1.82, 2.24) is 10.6 Å². The second-order valence-corrected chi connectivity index (χ2v) is 8.10. The van der Waals surface area contributed by atoms with E-state index >= 15 is 0 Å². The predicted octanol–water partition coefficient (Wildman–Crippen LogP) is 1.53. The number of primary sulfonamides is 1. The molecular formula is C20H25N3O5S. The molecule has 0 saturated heterocycles. The molecule has 2 aromatic rings. The molecule has 8 nitrogen and oxygen atoms in total. The Labute approximate surface area is 170 Å². The van der Waals surface area contributed by atoms with Crippen LogP contribution in [0.25, 0.3) is 0 Å². The minimum absolute atomic E-state index is 0.0256. The number of aryl methyl sites for hydroxylation is 1. The first kappa shape index (κ1) is 22.4. The highest BCUT2D eigenvalue weighted by atomic mass is 32.2. The highest BCUT2D eigenvalue weighted by Crippen LogP contribution is 2.26. The van der Waals surface area contributed by atoms with E-state index in [2.05, 4.69) is 10.6 Å². The number of hydrogen-bond donors (Lipinski definition) is 3. The number of carbonyl (C=O) groups excluding carboxylic acids is 2. The Hall–Kier alpha value is -2.91. The molecule has 1 atom stereocenters. The number of amides is 2. The molecule has 2 rings (SSSR count). The topological polar surface area (TPSA) is 128 Å². The molecule has 0 saturated carbocycles. The third-order valence-corrected chi connectivity index (χ3v) is 5.12. The molecule has 1 unspecified atom stereocenters. The van der Waals surface area contributed by atoms with Crippen molar-refractivity contribution in [3.63, 3.8) is 0 Å². The monoisotopic (exact) mass is 419 g/mol. The summed E-state index contributed by atoms with van der Waals surface area (Å²) in [5.74, 6) is -0.915. The fraction of sp³-hybridized carbons (Fsp3) is 0.300. The largest absolute Gasteiger partial charge is 0.494 e. The Morgan fingerprint density at radius 2 is 1.76 bits per heavy atom. The summed E-state index contributed by atoms with van der Waals surface area (Å²) >= 11 is 0. The van der Waals surface area contributed by atoms with Crippen LogP contribution in [0, 0.1) is 6.92 Å². The Kier molecular flexibility index (Phi) is 7.35. The second kappa shape index (κ2) is 9.53. The number of nitrogens with one attached hydrogen (secondary N) is 2. The van der Waals surface area contributed by atoms with Crippen molar-refractivity contribution in [1.29, 1.82) is 0 Å². The number of benzene rings is 2. The summed E-state index contributed by atoms with van der Waals surface area (Å²) in [6, 6.07) is 10.9. The first-order valence-electron chi connectivity index (χ1n) is 9.05. The van der Waals surface area contributed by atoms with Gasteiger partial charge < -0.3 is 15.4 Å². The average molecular weight is 420 g/mol. The molecule has 0 spiro atoms. The normalized spacial score (nSPS) is 12.1. The number of hydrogen-bond acceptors (Lipinski definition) is 5. The summed E-state index contributed by atoms with van der Waals surface area (Å²) in [6.45, 7) is 6.13. The maximum absolute atomic E-state index is 12.2. The molecule has 0 aromatic heterocycles. The Morgan fingerprint density at radius 1 is 1.10 bits per heavy atom. The Balaban J connectivity index is 1.97. The molecule has 2 amide bonds. The summed E-state index contributed by atoms with van der Waals surface area (Å²) in [4.78, 5) is 24.3. The highest BCUT2D eigenvalue weighted by Gasteiger charge is 2.19. The number of sulfonamides is 1. The molecule has 2 aromatic carbocycles. The molecule has 0 aliphatic carbocycles. The lowest BCUT2D eigenvalue weighted by molar-refractivity contribution is -0.139. The van der Waals surface area contributed by atoms with Gasteiger partial charge in [0.25, 0.3) is 0 Å². The van der Waals surface area contributed by atoms with E-state index in [9.17, 15) is 18.0 Å². The van der Waals surface area contributed by atoms with E-state index in [-0.39, 0.29) is 11.4 Å². The average Bonchev–Trinajstić information content (AvgIpc) is 2.67. The van der Waals surface area contributed by atoms with Crippen LogP contribution >= 0.6 is 0 Å². The van der Waals surface area contributed by atoms with Gasteiger partial charge >= 0.3 is 11.8 Å². The molecule has 156 valence electrons. The van der Waals surface area contributed by atoms with Crippen LogP contribution in [0.1, 0.15) is 36.6 Å². The predicted molar refractivity (Wildman–Crippen MR) is 109 cm³/mol. The van der Waals surface area contributed by atoms with Gasteiger partial charge in [-0.25, -0.2) is 13.6 Å². The summed E-state index contributed by atoms with van der Waals surface area (Å²) in [5.41, 5.74) is 2.42. The van der Waals surface area contributed by atoms with Gasteiger partial charge in [0.15, 0.2) is 0 Å². The van der Waals surface area contributed by atoms with Crippen LogP contribution < -0.4 is 20.5 Å². The summed E-state index contributed by atoms with van der Waals surface area (Å²) in [6.07, 6.45) is 0. The molecule has 4 N–H and O–H groups in total. The number of ether oxygens (including phenoxy) is 1. The van der Waals surface area contributed by atoms with E-state index < -0.39 is 27.9 Å². The second-order valence-electron chi connectivity index (χ2n) is 6.54. The summed E-state index contributed by atoms with van der Waals surface area (Å²) < 4.78 is 28.1. The van der Waals surface area contributed by atoms with Gasteiger partial charge in [-0.1, -0.05) is 29.8 Å². The SMILES string of the molecule is CCOc1ccc(C)cc1C(C)NC(=O)C(=O)NCc1ccc(S(N)(=O)=O)cc1. The molecule has 0 fully saturated rings. The molecule has 29 heavy (non-hydrogen) atoms. The molecule has 9 heteroatoms. The van der Waals surface area contributed by atoms with Crippen LogP contribution in [0.3, 0.4) is 0 Å². The minimum atomic E-state index is -3.78. The van der Waals surface area contributed by atoms with E-state index in [1.165, 1.54) is 24.3 Å². The summed E-state index contributed by atoms with van der Waals surface area (Å²) in [7, 11) is -3.78. The molecule has 0 heterocycles. The van der Waals surface area contributed by atoms with Gasteiger partial charge in [0, 0.05) is 12.1 Å². The first-order valence-corrected chi connectivity index (χ1v) is 10.6. The van der Waals surface area contributed by atoms with Gasteiger partial charge in [-0.15, -0.1) is 0 Å². The fourth-order valence-corrected chi connectivity index (χ4v) is 3.21. The van der Waals surface area contributed by atoms with Crippen molar-refractivity contribution in [2.75, 3.05) is 6.61 Å². The van der Waals surface area contributed by atoms with Crippen molar-refractivity contribution >= 4 is 21.8 Å². The lowest BCUT2D eigenvalue weighted by atomic mass is 10.0. The Bertz CT molecular complexity index is 988. The number of nitrogens with two attached hydrogens (primary N) is 1. The Morgan fingerprint density at radius 3 is 2.34 bits per heavy atom. The van der Waals surface area contributed by atoms with Crippen molar-refractivity contribution in [3.05, 3.63) is 59.2 Å². The highest BCUT2D eigenvalue weighted by molar-refractivity contribution is 7.89. The standard InChI is InChI=1S/C20H25N3O5S/c1-4-28-18-10-5-13(2)11-17(18)14(3)23-20(25)19(24)22-12-15-6-8-16(9-7-15)29(21,26)27/h5-11,14H,4,12H2,1-3H3,(H,22,24)(H,23,25)(H2,21,26,27). The van der Waals surface area contributed by atoms with Crippen molar-refractivity contribution in [3.8, 4) is 5.75 Å². The van der Waals surface area contributed by atoms with Crippen LogP contribution in [0.5, 0.6) is 5.75 Å². The number of rotatable bonds is 7. The van der Waals surface area contributed by atoms with Gasteiger partial charge in [-0.05, 0) is 44.5 Å². The maximum Gasteiger partial charge on any atom is 0.309 e. The zero-order chi connectivity index (χ0) is 21.6. The van der Waals surface area contributed by atoms with Gasteiger partial charge in [-0.2, -0.15) is 0 Å². The van der Waals surface area contributed by atoms with Crippen LogP contribution in [0.2, 0.25) is 0 Å². The lowest BCUT2D eigenvalue weighted by Crippen LogP contribution is -2.40. The molecule has 0 radical (unpaired) electrons. The smallest absolute Gasteiger partial charge is 0.309 e. The minimum Gasteiger partial charge on any atom is -0.494 e. The maximum atomic E-state index is 12.2. The van der Waals surface area contributed by atoms with E-state index in [1.54, 1.807) is 6.92 Å². The van der Waals surface area contributed by atoms with Crippen LogP contribution in [-0.2, 0) is 26.2 Å². The van der Waals surface area contributed by atoms with Gasteiger partial charge in [0.05, 0.1) is 17.5 Å². The third-order valence-electron chi connectivity index (χ3n) is 4.19. The van der Waals surface area contributed by atoms with E-state index in [1.807, 2.05) is 32.0 Å². The van der Waals surface area contributed by atoms with E-state index in [4.69, 9.17) is 9.88 Å². The van der Waals surface area contributed by atoms with Crippen molar-refractivity contribution in [2.24, 2.45) is 5.14 Å². The molecular weight excluding hydrogens is 394 g/mol. The van der Waals surface area contributed by atoms with Crippen molar-refractivity contribution in [2.45, 2.75) is 38.3 Å².